The molecule has 6 nitrogen and oxygen atoms in total. The van der Waals surface area contributed by atoms with Crippen molar-refractivity contribution in [2.24, 2.45) is 0 Å². The summed E-state index contributed by atoms with van der Waals surface area (Å²) in [6.07, 6.45) is 0.259. The van der Waals surface area contributed by atoms with Gasteiger partial charge in [-0.05, 0) is 5.56 Å². The van der Waals surface area contributed by atoms with Crippen molar-refractivity contribution < 1.29 is 19.1 Å². The van der Waals surface area contributed by atoms with E-state index >= 15 is 0 Å². The van der Waals surface area contributed by atoms with Crippen LogP contribution in [0.4, 0.5) is 0 Å². The van der Waals surface area contributed by atoms with Crippen LogP contribution in [0.3, 0.4) is 0 Å². The lowest BCUT2D eigenvalue weighted by Crippen LogP contribution is -2.62. The molecular formula is C14H16N2O4. The number of hydrogen-bond donors (Lipinski definition) is 2. The van der Waals surface area contributed by atoms with E-state index in [9.17, 15) is 14.4 Å². The van der Waals surface area contributed by atoms with Gasteiger partial charge < -0.3 is 15.4 Å². The smallest absolute Gasteiger partial charge is 0.308 e. The molecule has 1 fully saturated rings. The first-order valence-corrected chi connectivity index (χ1v) is 6.31. The molecule has 0 bridgehead atoms. The molecule has 1 aliphatic rings. The lowest BCUT2D eigenvalue weighted by Gasteiger charge is -2.29. The topological polar surface area (TPSA) is 84.5 Å². The summed E-state index contributed by atoms with van der Waals surface area (Å²) >= 11 is 0. The maximum absolute atomic E-state index is 11.9. The van der Waals surface area contributed by atoms with Gasteiger partial charge in [-0.25, -0.2) is 0 Å². The predicted molar refractivity (Wildman–Crippen MR) is 70.6 cm³/mol. The van der Waals surface area contributed by atoms with Gasteiger partial charge in [0, 0.05) is 6.42 Å². The highest BCUT2D eigenvalue weighted by atomic mass is 16.5. The molecule has 1 aliphatic heterocycles. The van der Waals surface area contributed by atoms with Gasteiger partial charge >= 0.3 is 5.97 Å². The summed E-state index contributed by atoms with van der Waals surface area (Å²) in [6, 6.07) is 7.94. The van der Waals surface area contributed by atoms with E-state index < -0.39 is 18.1 Å². The Labute approximate surface area is 116 Å². The zero-order chi connectivity index (χ0) is 14.5. The fraction of sp³-hybridized carbons (Fsp3) is 0.357. The third-order valence-electron chi connectivity index (χ3n) is 3.15. The summed E-state index contributed by atoms with van der Waals surface area (Å²) in [6.45, 7) is 0. The summed E-state index contributed by atoms with van der Waals surface area (Å²) in [4.78, 5) is 35.0. The molecule has 6 heteroatoms. The van der Waals surface area contributed by atoms with Crippen molar-refractivity contribution in [3.05, 3.63) is 35.9 Å². The van der Waals surface area contributed by atoms with Crippen LogP contribution in [-0.4, -0.2) is 37.0 Å². The molecule has 2 atom stereocenters. The number of carbonyl (C=O) groups excluding carboxylic acids is 3. The second-order valence-electron chi connectivity index (χ2n) is 4.59. The first-order valence-electron chi connectivity index (χ1n) is 6.31. The van der Waals surface area contributed by atoms with Crippen molar-refractivity contribution in [3.63, 3.8) is 0 Å². The summed E-state index contributed by atoms with van der Waals surface area (Å²) in [5.41, 5.74) is 0.958. The molecule has 0 aliphatic carbocycles. The van der Waals surface area contributed by atoms with Gasteiger partial charge in [0.15, 0.2) is 0 Å². The Morgan fingerprint density at radius 3 is 2.35 bits per heavy atom. The monoisotopic (exact) mass is 276 g/mol. The number of piperazine rings is 1. The van der Waals surface area contributed by atoms with Gasteiger partial charge in [-0.2, -0.15) is 0 Å². The Bertz CT molecular complexity index is 515. The fourth-order valence-electron chi connectivity index (χ4n) is 2.06. The van der Waals surface area contributed by atoms with E-state index in [4.69, 9.17) is 0 Å². The van der Waals surface area contributed by atoms with Gasteiger partial charge in [0.2, 0.25) is 11.8 Å². The molecular weight excluding hydrogens is 260 g/mol. The first-order chi connectivity index (χ1) is 9.60. The van der Waals surface area contributed by atoms with E-state index in [0.717, 1.165) is 5.56 Å². The van der Waals surface area contributed by atoms with Crippen molar-refractivity contribution in [1.29, 1.82) is 0 Å². The van der Waals surface area contributed by atoms with Crippen molar-refractivity contribution in [3.8, 4) is 0 Å². The van der Waals surface area contributed by atoms with Gasteiger partial charge in [0.05, 0.1) is 13.5 Å². The van der Waals surface area contributed by atoms with Crippen molar-refractivity contribution in [1.82, 2.24) is 10.6 Å². The minimum absolute atomic E-state index is 0.161. The standard InChI is InChI=1S/C14H16N2O4/c1-20-12(17)8-11-14(19)15-10(13(18)16-11)7-9-5-3-2-4-6-9/h2-6,10-11H,7-8H2,1H3,(H,15,19)(H,16,18)/t10-,11-/m0/s1. The largest absolute Gasteiger partial charge is 0.469 e. The van der Waals surface area contributed by atoms with E-state index in [0.29, 0.717) is 6.42 Å². The maximum atomic E-state index is 11.9. The number of benzene rings is 1. The molecule has 0 saturated carbocycles. The number of carbonyl (C=O) groups is 3. The van der Waals surface area contributed by atoms with E-state index in [1.54, 1.807) is 0 Å². The number of methoxy groups -OCH3 is 1. The van der Waals surface area contributed by atoms with Crippen LogP contribution in [0.25, 0.3) is 0 Å². The summed E-state index contributed by atoms with van der Waals surface area (Å²) in [5, 5.41) is 5.19. The minimum atomic E-state index is -0.859. The molecule has 1 aromatic carbocycles. The molecule has 2 amide bonds. The highest BCUT2D eigenvalue weighted by molar-refractivity contribution is 5.98. The second kappa shape index (κ2) is 6.18. The average molecular weight is 276 g/mol. The van der Waals surface area contributed by atoms with Crippen LogP contribution < -0.4 is 10.6 Å². The van der Waals surface area contributed by atoms with Gasteiger partial charge in [0.1, 0.15) is 12.1 Å². The zero-order valence-corrected chi connectivity index (χ0v) is 11.1. The van der Waals surface area contributed by atoms with Crippen LogP contribution >= 0.6 is 0 Å². The van der Waals surface area contributed by atoms with E-state index in [1.165, 1.54) is 7.11 Å². The lowest BCUT2D eigenvalue weighted by molar-refractivity contribution is -0.145. The second-order valence-corrected chi connectivity index (χ2v) is 4.59. The summed E-state index contributed by atoms with van der Waals surface area (Å²) < 4.78 is 4.49. The average Bonchev–Trinajstić information content (AvgIpc) is 2.45. The Kier molecular flexibility index (Phi) is 4.34. The highest BCUT2D eigenvalue weighted by Crippen LogP contribution is 2.08. The van der Waals surface area contributed by atoms with Crippen LogP contribution in [0.5, 0.6) is 0 Å². The van der Waals surface area contributed by atoms with Gasteiger partial charge in [-0.3, -0.25) is 14.4 Å². The molecule has 0 aromatic heterocycles. The minimum Gasteiger partial charge on any atom is -0.469 e. The number of amides is 2. The molecule has 2 rings (SSSR count). The Morgan fingerprint density at radius 1 is 1.10 bits per heavy atom. The molecule has 0 unspecified atom stereocenters. The van der Waals surface area contributed by atoms with Crippen LogP contribution in [0.15, 0.2) is 30.3 Å². The number of hydrogen-bond acceptors (Lipinski definition) is 4. The molecule has 1 saturated heterocycles. The van der Waals surface area contributed by atoms with Crippen molar-refractivity contribution >= 4 is 17.8 Å². The fourth-order valence-corrected chi connectivity index (χ4v) is 2.06. The molecule has 1 heterocycles. The van der Waals surface area contributed by atoms with Crippen molar-refractivity contribution in [2.45, 2.75) is 24.9 Å². The van der Waals surface area contributed by atoms with E-state index in [1.807, 2.05) is 30.3 Å². The third-order valence-corrected chi connectivity index (χ3v) is 3.15. The predicted octanol–water partition coefficient (Wildman–Crippen LogP) is -0.225. The van der Waals surface area contributed by atoms with Crippen LogP contribution in [-0.2, 0) is 25.5 Å². The van der Waals surface area contributed by atoms with E-state index in [-0.39, 0.29) is 18.2 Å². The Hall–Kier alpha value is -2.37. The first kappa shape index (κ1) is 14.0. The van der Waals surface area contributed by atoms with Crippen LogP contribution in [0, 0.1) is 0 Å². The lowest BCUT2D eigenvalue weighted by atomic mass is 10.0. The van der Waals surface area contributed by atoms with Crippen LogP contribution in [0.2, 0.25) is 0 Å². The molecule has 0 spiro atoms. The van der Waals surface area contributed by atoms with Gasteiger partial charge in [0.25, 0.3) is 0 Å². The van der Waals surface area contributed by atoms with Crippen molar-refractivity contribution in [2.75, 3.05) is 7.11 Å². The summed E-state index contributed by atoms with van der Waals surface area (Å²) in [5.74, 6) is -1.19. The molecule has 20 heavy (non-hydrogen) atoms. The summed E-state index contributed by atoms with van der Waals surface area (Å²) in [7, 11) is 1.24. The number of nitrogens with one attached hydrogen (secondary N) is 2. The van der Waals surface area contributed by atoms with Gasteiger partial charge in [-0.15, -0.1) is 0 Å². The molecule has 2 N–H and O–H groups in total. The molecule has 1 aromatic rings. The zero-order valence-electron chi connectivity index (χ0n) is 11.1. The van der Waals surface area contributed by atoms with Crippen LogP contribution in [0.1, 0.15) is 12.0 Å². The Balaban J connectivity index is 1.98. The number of ether oxygens (including phenoxy) is 1. The maximum Gasteiger partial charge on any atom is 0.308 e. The quantitative estimate of drug-likeness (QED) is 0.744. The molecule has 0 radical (unpaired) electrons. The third kappa shape index (κ3) is 3.34. The normalized spacial score (nSPS) is 21.9. The van der Waals surface area contributed by atoms with E-state index in [2.05, 4.69) is 15.4 Å². The SMILES string of the molecule is COC(=O)C[C@@H]1NC(=O)[C@H](Cc2ccccc2)NC1=O. The number of esters is 1. The molecule has 106 valence electrons. The Morgan fingerprint density at radius 2 is 1.70 bits per heavy atom. The number of rotatable bonds is 4. The highest BCUT2D eigenvalue weighted by Gasteiger charge is 2.34. The van der Waals surface area contributed by atoms with Gasteiger partial charge in [-0.1, -0.05) is 30.3 Å².